The topological polar surface area (TPSA) is 65.0 Å². The fourth-order valence-electron chi connectivity index (χ4n) is 3.45. The zero-order valence-corrected chi connectivity index (χ0v) is 18.6. The monoisotopic (exact) mass is 458 g/mol. The molecule has 0 radical (unpaired) electrons. The lowest BCUT2D eigenvalue weighted by Crippen LogP contribution is -2.48. The second kappa shape index (κ2) is 10.2. The van der Waals surface area contributed by atoms with Crippen molar-refractivity contribution in [2.75, 3.05) is 54.4 Å². The lowest BCUT2D eigenvalue weighted by atomic mass is 10.1. The number of hydrogen-bond donors (Lipinski definition) is 1. The molecule has 31 heavy (non-hydrogen) atoms. The Morgan fingerprint density at radius 3 is 2.55 bits per heavy atom. The molecule has 9 heteroatoms. The second-order valence-electron chi connectivity index (χ2n) is 7.17. The highest BCUT2D eigenvalue weighted by Gasteiger charge is 2.22. The van der Waals surface area contributed by atoms with Gasteiger partial charge >= 0.3 is 0 Å². The normalized spacial score (nSPS) is 16.2. The molecule has 2 amide bonds. The molecular formula is C22H23FN4O2S2. The largest absolute Gasteiger partial charge is 0.368 e. The summed E-state index contributed by atoms with van der Waals surface area (Å²) in [7, 11) is 0. The van der Waals surface area contributed by atoms with Crippen LogP contribution in [0.5, 0.6) is 0 Å². The average molecular weight is 459 g/mol. The molecule has 1 saturated heterocycles. The van der Waals surface area contributed by atoms with Crippen LogP contribution in [0.2, 0.25) is 0 Å². The molecule has 162 valence electrons. The van der Waals surface area contributed by atoms with Gasteiger partial charge in [0.15, 0.2) is 0 Å². The van der Waals surface area contributed by atoms with Gasteiger partial charge in [0.2, 0.25) is 5.91 Å². The molecule has 4 rings (SSSR count). The Labute approximate surface area is 189 Å². The van der Waals surface area contributed by atoms with Crippen LogP contribution in [0.25, 0.3) is 0 Å². The third-order valence-corrected chi connectivity index (χ3v) is 7.29. The highest BCUT2D eigenvalue weighted by atomic mass is 32.2. The first-order valence-corrected chi connectivity index (χ1v) is 12.1. The molecule has 0 atom stereocenters. The van der Waals surface area contributed by atoms with Crippen molar-refractivity contribution in [2.24, 2.45) is 4.99 Å². The minimum absolute atomic E-state index is 0.0441. The van der Waals surface area contributed by atoms with Gasteiger partial charge in [-0.3, -0.25) is 14.6 Å². The van der Waals surface area contributed by atoms with Gasteiger partial charge in [0.1, 0.15) is 10.2 Å². The molecule has 0 saturated carbocycles. The Balaban J connectivity index is 1.26. The Morgan fingerprint density at radius 2 is 1.87 bits per heavy atom. The summed E-state index contributed by atoms with van der Waals surface area (Å²) in [6.45, 7) is 3.38. The van der Waals surface area contributed by atoms with E-state index in [1.807, 2.05) is 24.3 Å². The second-order valence-corrected chi connectivity index (χ2v) is 9.48. The van der Waals surface area contributed by atoms with E-state index in [1.165, 1.54) is 23.9 Å². The van der Waals surface area contributed by atoms with Gasteiger partial charge in [-0.25, -0.2) is 4.39 Å². The SMILES string of the molecule is O=C(CSC1=NCCS1)Nc1ccc(N2CCN(C(=O)c3cccc(F)c3)CC2)cc1. The maximum Gasteiger partial charge on any atom is 0.254 e. The molecule has 2 aromatic rings. The van der Waals surface area contributed by atoms with Gasteiger partial charge in [-0.2, -0.15) is 0 Å². The van der Waals surface area contributed by atoms with Gasteiger partial charge in [-0.1, -0.05) is 29.6 Å². The summed E-state index contributed by atoms with van der Waals surface area (Å²) in [6, 6.07) is 13.5. The molecule has 2 aliphatic rings. The molecule has 0 aromatic heterocycles. The highest BCUT2D eigenvalue weighted by molar-refractivity contribution is 8.39. The number of amides is 2. The van der Waals surface area contributed by atoms with Crippen LogP contribution < -0.4 is 10.2 Å². The van der Waals surface area contributed by atoms with Crippen molar-refractivity contribution < 1.29 is 14.0 Å². The van der Waals surface area contributed by atoms with Gasteiger partial charge in [0, 0.05) is 48.9 Å². The minimum atomic E-state index is -0.401. The van der Waals surface area contributed by atoms with Crippen LogP contribution in [-0.2, 0) is 4.79 Å². The van der Waals surface area contributed by atoms with Crippen LogP contribution in [0, 0.1) is 5.82 Å². The lowest BCUT2D eigenvalue weighted by molar-refractivity contribution is -0.113. The third-order valence-electron chi connectivity index (χ3n) is 5.04. The average Bonchev–Trinajstić information content (AvgIpc) is 3.32. The number of nitrogens with one attached hydrogen (secondary N) is 1. The molecule has 0 spiro atoms. The summed E-state index contributed by atoms with van der Waals surface area (Å²) in [5.41, 5.74) is 2.18. The summed E-state index contributed by atoms with van der Waals surface area (Å²) >= 11 is 3.17. The standard InChI is InChI=1S/C22H23FN4O2S2/c23-17-3-1-2-16(14-17)21(29)27-11-9-26(10-12-27)19-6-4-18(5-7-19)25-20(28)15-31-22-24-8-13-30-22/h1-7,14H,8-13,15H2,(H,25,28). The Kier molecular flexibility index (Phi) is 7.14. The molecule has 2 aromatic carbocycles. The first-order valence-electron chi connectivity index (χ1n) is 10.1. The highest BCUT2D eigenvalue weighted by Crippen LogP contribution is 2.23. The van der Waals surface area contributed by atoms with E-state index in [9.17, 15) is 14.0 Å². The molecule has 0 unspecified atom stereocenters. The van der Waals surface area contributed by atoms with E-state index in [0.29, 0.717) is 37.5 Å². The van der Waals surface area contributed by atoms with Gasteiger partial charge in [0.05, 0.1) is 12.3 Å². The van der Waals surface area contributed by atoms with Crippen molar-refractivity contribution >= 4 is 51.1 Å². The summed E-state index contributed by atoms with van der Waals surface area (Å²) in [5, 5.41) is 2.91. The molecule has 1 N–H and O–H groups in total. The van der Waals surface area contributed by atoms with E-state index < -0.39 is 5.82 Å². The first-order chi connectivity index (χ1) is 15.1. The minimum Gasteiger partial charge on any atom is -0.368 e. The maximum atomic E-state index is 13.4. The fraction of sp³-hybridized carbons (Fsp3) is 0.318. The molecular weight excluding hydrogens is 435 g/mol. The number of anilines is 2. The summed E-state index contributed by atoms with van der Waals surface area (Å²) in [5.74, 6) is 0.768. The van der Waals surface area contributed by atoms with E-state index in [-0.39, 0.29) is 11.8 Å². The molecule has 6 nitrogen and oxygen atoms in total. The Bertz CT molecular complexity index is 976. The molecule has 1 fully saturated rings. The summed E-state index contributed by atoms with van der Waals surface area (Å²) in [4.78, 5) is 33.0. The zero-order valence-electron chi connectivity index (χ0n) is 16.9. The quantitative estimate of drug-likeness (QED) is 0.742. The number of piperazine rings is 1. The predicted molar refractivity (Wildman–Crippen MR) is 127 cm³/mol. The van der Waals surface area contributed by atoms with Gasteiger partial charge in [0.25, 0.3) is 5.91 Å². The number of rotatable bonds is 5. The van der Waals surface area contributed by atoms with Crippen molar-refractivity contribution in [3.8, 4) is 0 Å². The van der Waals surface area contributed by atoms with Crippen molar-refractivity contribution in [2.45, 2.75) is 0 Å². The van der Waals surface area contributed by atoms with Crippen LogP contribution in [0.3, 0.4) is 0 Å². The summed E-state index contributed by atoms with van der Waals surface area (Å²) < 4.78 is 14.4. The molecule has 2 aliphatic heterocycles. The van der Waals surface area contributed by atoms with Gasteiger partial charge < -0.3 is 15.1 Å². The lowest BCUT2D eigenvalue weighted by Gasteiger charge is -2.36. The number of carbonyl (C=O) groups is 2. The van der Waals surface area contributed by atoms with E-state index in [1.54, 1.807) is 28.8 Å². The number of nitrogens with zero attached hydrogens (tertiary/aromatic N) is 3. The van der Waals surface area contributed by atoms with E-state index in [0.717, 1.165) is 28.0 Å². The molecule has 2 heterocycles. The number of hydrogen-bond acceptors (Lipinski definition) is 6. The number of thioether (sulfide) groups is 2. The van der Waals surface area contributed by atoms with Crippen LogP contribution in [0.1, 0.15) is 10.4 Å². The van der Waals surface area contributed by atoms with E-state index in [4.69, 9.17) is 0 Å². The van der Waals surface area contributed by atoms with Gasteiger partial charge in [-0.05, 0) is 42.5 Å². The van der Waals surface area contributed by atoms with Crippen LogP contribution in [0.4, 0.5) is 15.8 Å². The van der Waals surface area contributed by atoms with E-state index >= 15 is 0 Å². The number of benzene rings is 2. The fourth-order valence-corrected chi connectivity index (χ4v) is 5.26. The van der Waals surface area contributed by atoms with Crippen molar-refractivity contribution in [1.82, 2.24) is 4.90 Å². The first kappa shape index (κ1) is 21.7. The predicted octanol–water partition coefficient (Wildman–Crippen LogP) is 3.56. The van der Waals surface area contributed by atoms with Crippen LogP contribution >= 0.6 is 23.5 Å². The van der Waals surface area contributed by atoms with Crippen molar-refractivity contribution in [3.63, 3.8) is 0 Å². The van der Waals surface area contributed by atoms with Crippen molar-refractivity contribution in [3.05, 3.63) is 59.9 Å². The van der Waals surface area contributed by atoms with Crippen LogP contribution in [0.15, 0.2) is 53.5 Å². The zero-order chi connectivity index (χ0) is 21.6. The number of halogens is 1. The smallest absolute Gasteiger partial charge is 0.254 e. The van der Waals surface area contributed by atoms with Crippen LogP contribution in [-0.4, -0.2) is 65.3 Å². The maximum absolute atomic E-state index is 13.4. The summed E-state index contributed by atoms with van der Waals surface area (Å²) in [6.07, 6.45) is 0. The number of carbonyl (C=O) groups excluding carboxylic acids is 2. The Morgan fingerprint density at radius 1 is 1.10 bits per heavy atom. The van der Waals surface area contributed by atoms with E-state index in [2.05, 4.69) is 15.2 Å². The van der Waals surface area contributed by atoms with Gasteiger partial charge in [-0.15, -0.1) is 0 Å². The van der Waals surface area contributed by atoms with Crippen molar-refractivity contribution in [1.29, 1.82) is 0 Å². The Hall–Kier alpha value is -2.52. The number of aliphatic imine (C=N–C) groups is 1. The molecule has 0 bridgehead atoms. The third kappa shape index (κ3) is 5.80. The molecule has 0 aliphatic carbocycles.